The fourth-order valence-corrected chi connectivity index (χ4v) is 3.50. The van der Waals surface area contributed by atoms with Crippen LogP contribution in [0.1, 0.15) is 37.8 Å². The average Bonchev–Trinajstić information content (AvgIpc) is 3.16. The van der Waals surface area contributed by atoms with Crippen molar-refractivity contribution in [1.29, 1.82) is 0 Å². The lowest BCUT2D eigenvalue weighted by Crippen LogP contribution is -2.40. The zero-order chi connectivity index (χ0) is 16.8. The summed E-state index contributed by atoms with van der Waals surface area (Å²) < 4.78 is 11.2. The van der Waals surface area contributed by atoms with Gasteiger partial charge in [-0.25, -0.2) is 0 Å². The molecule has 2 aliphatic rings. The van der Waals surface area contributed by atoms with Crippen LogP contribution in [0.4, 0.5) is 0 Å². The zero-order valence-electron chi connectivity index (χ0n) is 14.4. The minimum Gasteiger partial charge on any atom is -0.350 e. The van der Waals surface area contributed by atoms with Gasteiger partial charge in [-0.15, -0.1) is 0 Å². The van der Waals surface area contributed by atoms with Crippen LogP contribution in [0.2, 0.25) is 0 Å². The summed E-state index contributed by atoms with van der Waals surface area (Å²) in [5, 5.41) is 3.08. The largest absolute Gasteiger partial charge is 0.350 e. The molecule has 24 heavy (non-hydrogen) atoms. The number of piperidine rings is 1. The van der Waals surface area contributed by atoms with Crippen LogP contribution >= 0.6 is 0 Å². The summed E-state index contributed by atoms with van der Waals surface area (Å²) >= 11 is 0. The number of rotatable bonds is 6. The van der Waals surface area contributed by atoms with Crippen LogP contribution in [0.25, 0.3) is 0 Å². The molecular formula is C19H28N2O3. The number of ether oxygens (including phenoxy) is 2. The van der Waals surface area contributed by atoms with Gasteiger partial charge in [0.2, 0.25) is 5.91 Å². The Hall–Kier alpha value is -1.43. The van der Waals surface area contributed by atoms with Gasteiger partial charge in [-0.1, -0.05) is 30.3 Å². The van der Waals surface area contributed by atoms with Crippen molar-refractivity contribution in [3.05, 3.63) is 35.9 Å². The third kappa shape index (κ3) is 4.79. The highest BCUT2D eigenvalue weighted by Crippen LogP contribution is 2.25. The molecule has 2 aliphatic heterocycles. The van der Waals surface area contributed by atoms with Gasteiger partial charge in [-0.2, -0.15) is 0 Å². The number of benzene rings is 1. The number of carbonyl (C=O) groups excluding carboxylic acids is 1. The van der Waals surface area contributed by atoms with Crippen molar-refractivity contribution in [1.82, 2.24) is 10.2 Å². The molecule has 0 saturated carbocycles. The minimum atomic E-state index is 0.00201. The van der Waals surface area contributed by atoms with Gasteiger partial charge in [0.05, 0.1) is 19.3 Å². The minimum absolute atomic E-state index is 0.00201. The van der Waals surface area contributed by atoms with Gasteiger partial charge in [0.25, 0.3) is 0 Å². The van der Waals surface area contributed by atoms with E-state index in [1.54, 1.807) is 0 Å². The Morgan fingerprint density at radius 3 is 2.54 bits per heavy atom. The van der Waals surface area contributed by atoms with Gasteiger partial charge >= 0.3 is 0 Å². The number of hydrogen-bond acceptors (Lipinski definition) is 4. The predicted molar refractivity (Wildman–Crippen MR) is 92.5 cm³/mol. The number of likely N-dealkylation sites (tertiary alicyclic amines) is 1. The van der Waals surface area contributed by atoms with Crippen LogP contribution in [0.5, 0.6) is 0 Å². The summed E-state index contributed by atoms with van der Waals surface area (Å²) in [5.41, 5.74) is 1.14. The van der Waals surface area contributed by atoms with Crippen molar-refractivity contribution >= 4 is 5.91 Å². The maximum absolute atomic E-state index is 12.2. The van der Waals surface area contributed by atoms with Crippen LogP contribution in [0.15, 0.2) is 30.3 Å². The van der Waals surface area contributed by atoms with Gasteiger partial charge in [-0.05, 0) is 38.4 Å². The monoisotopic (exact) mass is 332 g/mol. The smallest absolute Gasteiger partial charge is 0.221 e. The lowest BCUT2D eigenvalue weighted by atomic mass is 9.96. The van der Waals surface area contributed by atoms with E-state index in [-0.39, 0.29) is 18.2 Å². The second kappa shape index (κ2) is 8.60. The molecule has 0 radical (unpaired) electrons. The lowest BCUT2D eigenvalue weighted by molar-refractivity contribution is -0.122. The van der Waals surface area contributed by atoms with Crippen molar-refractivity contribution in [3.63, 3.8) is 0 Å². The number of hydrogen-bond donors (Lipinski definition) is 1. The summed E-state index contributed by atoms with van der Waals surface area (Å²) in [6.07, 6.45) is 2.74. The maximum atomic E-state index is 12.2. The fourth-order valence-electron chi connectivity index (χ4n) is 3.50. The second-order valence-electron chi connectivity index (χ2n) is 6.74. The molecule has 0 bridgehead atoms. The Morgan fingerprint density at radius 2 is 1.88 bits per heavy atom. The molecule has 0 aromatic heterocycles. The van der Waals surface area contributed by atoms with Crippen molar-refractivity contribution in [2.24, 2.45) is 5.92 Å². The first-order chi connectivity index (χ1) is 11.7. The number of carbonyl (C=O) groups is 1. The van der Waals surface area contributed by atoms with Crippen molar-refractivity contribution in [2.75, 3.05) is 32.8 Å². The Labute approximate surface area is 144 Å². The van der Waals surface area contributed by atoms with Gasteiger partial charge in [0, 0.05) is 18.9 Å². The van der Waals surface area contributed by atoms with Gasteiger partial charge in [0.1, 0.15) is 0 Å². The summed E-state index contributed by atoms with van der Waals surface area (Å²) in [6, 6.07) is 10.1. The maximum Gasteiger partial charge on any atom is 0.221 e. The molecule has 1 aromatic carbocycles. The summed E-state index contributed by atoms with van der Waals surface area (Å²) in [5.74, 6) is 0.631. The number of nitrogens with zero attached hydrogens (tertiary/aromatic N) is 1. The van der Waals surface area contributed by atoms with E-state index in [4.69, 9.17) is 9.47 Å². The molecular weight excluding hydrogens is 304 g/mol. The highest BCUT2D eigenvalue weighted by Gasteiger charge is 2.30. The number of nitrogens with one attached hydrogen (secondary N) is 1. The first kappa shape index (κ1) is 17.4. The normalized spacial score (nSPS) is 21.7. The van der Waals surface area contributed by atoms with E-state index in [9.17, 15) is 4.79 Å². The Bertz CT molecular complexity index is 509. The molecule has 132 valence electrons. The van der Waals surface area contributed by atoms with E-state index in [1.807, 2.05) is 37.3 Å². The highest BCUT2D eigenvalue weighted by atomic mass is 16.7. The molecule has 2 heterocycles. The molecule has 0 aliphatic carbocycles. The molecule has 0 spiro atoms. The summed E-state index contributed by atoms with van der Waals surface area (Å²) in [6.45, 7) is 6.35. The Balaban J connectivity index is 1.35. The number of amides is 1. The van der Waals surface area contributed by atoms with Gasteiger partial charge in [0.15, 0.2) is 6.29 Å². The van der Waals surface area contributed by atoms with E-state index in [0.717, 1.165) is 51.3 Å². The summed E-state index contributed by atoms with van der Waals surface area (Å²) in [7, 11) is 0. The van der Waals surface area contributed by atoms with E-state index >= 15 is 0 Å². The van der Waals surface area contributed by atoms with E-state index < -0.39 is 0 Å². The molecule has 3 rings (SSSR count). The molecule has 2 saturated heterocycles. The molecule has 2 fully saturated rings. The van der Waals surface area contributed by atoms with E-state index in [1.165, 1.54) is 0 Å². The van der Waals surface area contributed by atoms with Crippen LogP contribution in [-0.2, 0) is 14.3 Å². The molecule has 1 unspecified atom stereocenters. The molecule has 1 N–H and O–H groups in total. The predicted octanol–water partition coefficient (Wildman–Crippen LogP) is 2.34. The van der Waals surface area contributed by atoms with Gasteiger partial charge in [-0.3, -0.25) is 4.79 Å². The highest BCUT2D eigenvalue weighted by molar-refractivity contribution is 5.76. The first-order valence-corrected chi connectivity index (χ1v) is 9.02. The molecule has 1 amide bonds. The third-order valence-electron chi connectivity index (χ3n) is 5.00. The SMILES string of the molecule is CC(NC(=O)CCN1CCC(C2OCCO2)CC1)c1ccccc1. The standard InChI is InChI=1S/C19H28N2O3/c1-15(16-5-3-2-4-6-16)20-18(22)9-12-21-10-7-17(8-11-21)19-23-13-14-24-19/h2-6,15,17,19H,7-14H2,1H3,(H,20,22). The second-order valence-corrected chi connectivity index (χ2v) is 6.74. The van der Waals surface area contributed by atoms with Crippen LogP contribution < -0.4 is 5.32 Å². The molecule has 1 atom stereocenters. The van der Waals surface area contributed by atoms with E-state index in [2.05, 4.69) is 10.2 Å². The quantitative estimate of drug-likeness (QED) is 0.869. The van der Waals surface area contributed by atoms with Crippen molar-refractivity contribution in [2.45, 2.75) is 38.5 Å². The molecule has 5 nitrogen and oxygen atoms in total. The lowest BCUT2D eigenvalue weighted by Gasteiger charge is -2.33. The Morgan fingerprint density at radius 1 is 1.21 bits per heavy atom. The van der Waals surface area contributed by atoms with Crippen molar-refractivity contribution in [3.8, 4) is 0 Å². The van der Waals surface area contributed by atoms with Crippen LogP contribution in [0.3, 0.4) is 0 Å². The van der Waals surface area contributed by atoms with Gasteiger partial charge < -0.3 is 19.7 Å². The Kier molecular flexibility index (Phi) is 6.24. The topological polar surface area (TPSA) is 50.8 Å². The van der Waals surface area contributed by atoms with Crippen molar-refractivity contribution < 1.29 is 14.3 Å². The molecule has 5 heteroatoms. The summed E-state index contributed by atoms with van der Waals surface area (Å²) in [4.78, 5) is 14.5. The average molecular weight is 332 g/mol. The zero-order valence-corrected chi connectivity index (χ0v) is 14.4. The van der Waals surface area contributed by atoms with E-state index in [0.29, 0.717) is 12.3 Å². The van der Waals surface area contributed by atoms with Crippen LogP contribution in [-0.4, -0.2) is 49.9 Å². The third-order valence-corrected chi connectivity index (χ3v) is 5.00. The van der Waals surface area contributed by atoms with Crippen LogP contribution in [0, 0.1) is 5.92 Å². The fraction of sp³-hybridized carbons (Fsp3) is 0.632. The first-order valence-electron chi connectivity index (χ1n) is 9.02. The molecule has 1 aromatic rings.